The Kier molecular flexibility index (Phi) is 5.51. The van der Waals surface area contributed by atoms with Crippen LogP contribution in [0, 0.1) is 5.92 Å². The lowest BCUT2D eigenvalue weighted by Gasteiger charge is -2.28. The zero-order valence-corrected chi connectivity index (χ0v) is 14.5. The summed E-state index contributed by atoms with van der Waals surface area (Å²) in [7, 11) is 2.13. The van der Waals surface area contributed by atoms with Crippen molar-refractivity contribution in [1.82, 2.24) is 10.2 Å². The van der Waals surface area contributed by atoms with Gasteiger partial charge in [0.1, 0.15) is 0 Å². The lowest BCUT2D eigenvalue weighted by molar-refractivity contribution is -0.122. The van der Waals surface area contributed by atoms with Gasteiger partial charge in [-0.2, -0.15) is 0 Å². The molecule has 0 atom stereocenters. The Hall–Kier alpha value is -1.88. The second kappa shape index (κ2) is 7.79. The lowest BCUT2D eigenvalue weighted by atomic mass is 9.93. The maximum Gasteiger partial charge on any atom is 0.227 e. The molecule has 3 rings (SSSR count). The Morgan fingerprint density at radius 3 is 2.75 bits per heavy atom. The van der Waals surface area contributed by atoms with E-state index >= 15 is 0 Å². The quantitative estimate of drug-likeness (QED) is 0.901. The highest BCUT2D eigenvalue weighted by Crippen LogP contribution is 2.22. The van der Waals surface area contributed by atoms with Crippen LogP contribution in [0.3, 0.4) is 0 Å². The molecule has 24 heavy (non-hydrogen) atoms. The van der Waals surface area contributed by atoms with Gasteiger partial charge < -0.3 is 15.1 Å². The average Bonchev–Trinajstić information content (AvgIpc) is 3.01. The first-order valence-electron chi connectivity index (χ1n) is 8.96. The van der Waals surface area contributed by atoms with Crippen LogP contribution >= 0.6 is 0 Å². The van der Waals surface area contributed by atoms with Gasteiger partial charge in [0.05, 0.1) is 0 Å². The van der Waals surface area contributed by atoms with Crippen molar-refractivity contribution in [2.24, 2.45) is 5.92 Å². The lowest BCUT2D eigenvalue weighted by Crippen LogP contribution is -2.33. The molecule has 1 aromatic rings. The fourth-order valence-electron chi connectivity index (χ4n) is 3.56. The topological polar surface area (TPSA) is 52.7 Å². The number of hydrogen-bond acceptors (Lipinski definition) is 3. The average molecular weight is 329 g/mol. The summed E-state index contributed by atoms with van der Waals surface area (Å²) in [6, 6.07) is 7.94. The van der Waals surface area contributed by atoms with E-state index in [1.807, 2.05) is 29.2 Å². The first-order valence-corrected chi connectivity index (χ1v) is 8.96. The van der Waals surface area contributed by atoms with Crippen LogP contribution in [-0.2, 0) is 16.1 Å². The molecule has 0 spiro atoms. The van der Waals surface area contributed by atoms with Crippen LogP contribution in [0.15, 0.2) is 24.3 Å². The first-order chi connectivity index (χ1) is 11.6. The van der Waals surface area contributed by atoms with Crippen LogP contribution in [0.5, 0.6) is 0 Å². The van der Waals surface area contributed by atoms with Gasteiger partial charge >= 0.3 is 0 Å². The molecule has 2 aliphatic rings. The molecule has 130 valence electrons. The normalized spacial score (nSPS) is 19.7. The molecule has 1 N–H and O–H groups in total. The van der Waals surface area contributed by atoms with Crippen LogP contribution in [-0.4, -0.2) is 43.4 Å². The Bertz CT molecular complexity index is 594. The summed E-state index contributed by atoms with van der Waals surface area (Å²) in [5.41, 5.74) is 1.99. The van der Waals surface area contributed by atoms with E-state index in [4.69, 9.17) is 0 Å². The number of piperidine rings is 1. The molecular formula is C19H27N3O2. The summed E-state index contributed by atoms with van der Waals surface area (Å²) in [5.74, 6) is 0.834. The van der Waals surface area contributed by atoms with Crippen molar-refractivity contribution < 1.29 is 9.59 Å². The minimum absolute atomic E-state index is 0.132. The highest BCUT2D eigenvalue weighted by atomic mass is 16.2. The smallest absolute Gasteiger partial charge is 0.227 e. The van der Waals surface area contributed by atoms with Crippen molar-refractivity contribution in [3.8, 4) is 0 Å². The van der Waals surface area contributed by atoms with Crippen LogP contribution in [0.1, 0.15) is 37.7 Å². The highest BCUT2D eigenvalue weighted by Gasteiger charge is 2.22. The molecule has 0 bridgehead atoms. The number of anilines is 1. The molecule has 2 amide bonds. The van der Waals surface area contributed by atoms with E-state index in [9.17, 15) is 9.59 Å². The van der Waals surface area contributed by atoms with Crippen LogP contribution in [0.2, 0.25) is 0 Å². The van der Waals surface area contributed by atoms with Crippen LogP contribution in [0.4, 0.5) is 5.69 Å². The zero-order valence-electron chi connectivity index (χ0n) is 14.5. The largest absolute Gasteiger partial charge is 0.352 e. The van der Waals surface area contributed by atoms with Gasteiger partial charge in [0.15, 0.2) is 0 Å². The number of nitrogens with one attached hydrogen (secondary N) is 1. The van der Waals surface area contributed by atoms with Crippen molar-refractivity contribution >= 4 is 17.5 Å². The molecule has 5 nitrogen and oxygen atoms in total. The number of nitrogens with zero attached hydrogens (tertiary/aromatic N) is 2. The van der Waals surface area contributed by atoms with Crippen LogP contribution in [0.25, 0.3) is 0 Å². The van der Waals surface area contributed by atoms with Gasteiger partial charge in [-0.15, -0.1) is 0 Å². The molecule has 2 fully saturated rings. The molecule has 2 heterocycles. The predicted octanol–water partition coefficient (Wildman–Crippen LogP) is 2.16. The molecule has 2 saturated heterocycles. The Balaban J connectivity index is 1.49. The molecule has 0 radical (unpaired) electrons. The second-order valence-electron chi connectivity index (χ2n) is 7.05. The number of likely N-dealkylation sites (tertiary alicyclic amines) is 1. The van der Waals surface area contributed by atoms with Crippen molar-refractivity contribution in [2.45, 2.75) is 38.6 Å². The number of benzene rings is 1. The van der Waals surface area contributed by atoms with Crippen molar-refractivity contribution in [2.75, 3.05) is 31.6 Å². The third-order valence-electron chi connectivity index (χ3n) is 5.10. The number of carbonyl (C=O) groups is 2. The van der Waals surface area contributed by atoms with E-state index in [0.717, 1.165) is 50.1 Å². The molecule has 0 saturated carbocycles. The monoisotopic (exact) mass is 329 g/mol. The van der Waals surface area contributed by atoms with Gasteiger partial charge in [0.25, 0.3) is 0 Å². The number of amides is 2. The van der Waals surface area contributed by atoms with E-state index < -0.39 is 0 Å². The van der Waals surface area contributed by atoms with E-state index in [1.54, 1.807) is 0 Å². The van der Waals surface area contributed by atoms with Crippen molar-refractivity contribution in [1.29, 1.82) is 0 Å². The summed E-state index contributed by atoms with van der Waals surface area (Å²) in [4.78, 5) is 28.2. The summed E-state index contributed by atoms with van der Waals surface area (Å²) in [6.07, 6.45) is 4.40. The van der Waals surface area contributed by atoms with E-state index in [1.165, 1.54) is 0 Å². The summed E-state index contributed by atoms with van der Waals surface area (Å²) < 4.78 is 0. The maximum atomic E-state index is 12.2. The molecule has 0 aromatic heterocycles. The fourth-order valence-corrected chi connectivity index (χ4v) is 3.56. The molecule has 0 aliphatic carbocycles. The SMILES string of the molecule is CN1CCC(CC(=O)NCc2cccc(N3CCCC3=O)c2)CC1. The third kappa shape index (κ3) is 4.35. The first kappa shape index (κ1) is 17.0. The number of hydrogen-bond donors (Lipinski definition) is 1. The summed E-state index contributed by atoms with van der Waals surface area (Å²) in [6.45, 7) is 3.50. The molecule has 0 unspecified atom stereocenters. The van der Waals surface area contributed by atoms with E-state index in [0.29, 0.717) is 25.3 Å². The Morgan fingerprint density at radius 1 is 1.25 bits per heavy atom. The van der Waals surface area contributed by atoms with Gasteiger partial charge in [0, 0.05) is 31.6 Å². The summed E-state index contributed by atoms with van der Waals surface area (Å²) >= 11 is 0. The van der Waals surface area contributed by atoms with Crippen molar-refractivity contribution in [3.63, 3.8) is 0 Å². The van der Waals surface area contributed by atoms with Gasteiger partial charge in [-0.25, -0.2) is 0 Å². The van der Waals surface area contributed by atoms with Gasteiger partial charge in [-0.1, -0.05) is 12.1 Å². The number of rotatable bonds is 5. The fraction of sp³-hybridized carbons (Fsp3) is 0.579. The maximum absolute atomic E-state index is 12.2. The molecule has 2 aliphatic heterocycles. The van der Waals surface area contributed by atoms with Crippen molar-refractivity contribution in [3.05, 3.63) is 29.8 Å². The second-order valence-corrected chi connectivity index (χ2v) is 7.05. The predicted molar refractivity (Wildman–Crippen MR) is 94.7 cm³/mol. The molecule has 5 heteroatoms. The minimum Gasteiger partial charge on any atom is -0.352 e. The standard InChI is InChI=1S/C19H27N3O2/c1-21-10-7-15(8-11-21)13-18(23)20-14-16-4-2-5-17(12-16)22-9-3-6-19(22)24/h2,4-5,12,15H,3,6-11,13-14H2,1H3,(H,20,23). The highest BCUT2D eigenvalue weighted by molar-refractivity contribution is 5.95. The zero-order chi connectivity index (χ0) is 16.9. The molecule has 1 aromatic carbocycles. The minimum atomic E-state index is 0.132. The summed E-state index contributed by atoms with van der Waals surface area (Å²) in [5, 5.41) is 3.03. The van der Waals surface area contributed by atoms with E-state index in [-0.39, 0.29) is 11.8 Å². The number of carbonyl (C=O) groups excluding carboxylic acids is 2. The van der Waals surface area contributed by atoms with Crippen LogP contribution < -0.4 is 10.2 Å². The van der Waals surface area contributed by atoms with Gasteiger partial charge in [-0.05, 0) is 63.0 Å². The Morgan fingerprint density at radius 2 is 2.04 bits per heavy atom. The van der Waals surface area contributed by atoms with E-state index in [2.05, 4.69) is 17.3 Å². The Labute approximate surface area is 144 Å². The van der Waals surface area contributed by atoms with Gasteiger partial charge in [-0.3, -0.25) is 9.59 Å². The third-order valence-corrected chi connectivity index (χ3v) is 5.10. The van der Waals surface area contributed by atoms with Gasteiger partial charge in [0.2, 0.25) is 11.8 Å². The molecular weight excluding hydrogens is 302 g/mol.